The van der Waals surface area contributed by atoms with E-state index >= 15 is 0 Å². The number of amides is 2. The standard InChI is InChI=1S/C17H16N4O5/c1-10-3-5-14(11(2)7-10)19-16(23)17(24)20-18-9-12-8-13(21(25)26)4-6-15(12)22/h3-9,22H,1-2H3,(H,19,23)(H,20,24)/b18-9-. The summed E-state index contributed by atoms with van der Waals surface area (Å²) >= 11 is 0. The van der Waals surface area contributed by atoms with E-state index in [0.29, 0.717) is 5.69 Å². The molecule has 2 aromatic carbocycles. The van der Waals surface area contributed by atoms with Crippen LogP contribution in [0.5, 0.6) is 5.75 Å². The number of phenolic OH excluding ortho intramolecular Hbond substituents is 1. The maximum absolute atomic E-state index is 11.9. The van der Waals surface area contributed by atoms with Crippen molar-refractivity contribution in [2.75, 3.05) is 5.32 Å². The Morgan fingerprint density at radius 1 is 1.15 bits per heavy atom. The number of carbonyl (C=O) groups excluding carboxylic acids is 2. The van der Waals surface area contributed by atoms with Gasteiger partial charge in [-0.15, -0.1) is 0 Å². The summed E-state index contributed by atoms with van der Waals surface area (Å²) < 4.78 is 0. The van der Waals surface area contributed by atoms with E-state index in [9.17, 15) is 24.8 Å². The van der Waals surface area contributed by atoms with Crippen LogP contribution < -0.4 is 10.7 Å². The molecule has 0 aliphatic carbocycles. The summed E-state index contributed by atoms with van der Waals surface area (Å²) in [5.74, 6) is -2.20. The first-order valence-electron chi connectivity index (χ1n) is 7.47. The van der Waals surface area contributed by atoms with Crippen LogP contribution >= 0.6 is 0 Å². The van der Waals surface area contributed by atoms with E-state index in [2.05, 4.69) is 10.4 Å². The van der Waals surface area contributed by atoms with Crippen LogP contribution in [0, 0.1) is 24.0 Å². The van der Waals surface area contributed by atoms with Gasteiger partial charge < -0.3 is 10.4 Å². The highest BCUT2D eigenvalue weighted by Crippen LogP contribution is 2.21. The lowest BCUT2D eigenvalue weighted by molar-refractivity contribution is -0.384. The molecule has 26 heavy (non-hydrogen) atoms. The number of phenols is 1. The number of non-ortho nitro benzene ring substituents is 1. The molecule has 0 aromatic heterocycles. The summed E-state index contributed by atoms with van der Waals surface area (Å²) in [4.78, 5) is 33.7. The number of carbonyl (C=O) groups is 2. The molecule has 0 bridgehead atoms. The molecule has 0 radical (unpaired) electrons. The van der Waals surface area contributed by atoms with Crippen molar-refractivity contribution in [2.24, 2.45) is 5.10 Å². The molecule has 134 valence electrons. The van der Waals surface area contributed by atoms with E-state index in [1.165, 1.54) is 0 Å². The average Bonchev–Trinajstić information content (AvgIpc) is 2.58. The van der Waals surface area contributed by atoms with Crippen molar-refractivity contribution in [3.05, 3.63) is 63.2 Å². The molecule has 2 aromatic rings. The minimum atomic E-state index is -1.02. The van der Waals surface area contributed by atoms with Gasteiger partial charge in [-0.2, -0.15) is 5.10 Å². The first-order chi connectivity index (χ1) is 12.3. The number of aryl methyl sites for hydroxylation is 2. The highest BCUT2D eigenvalue weighted by Gasteiger charge is 2.14. The number of rotatable bonds is 4. The highest BCUT2D eigenvalue weighted by molar-refractivity contribution is 6.39. The summed E-state index contributed by atoms with van der Waals surface area (Å²) in [5, 5.41) is 26.3. The fourth-order valence-corrected chi connectivity index (χ4v) is 2.10. The number of benzene rings is 2. The van der Waals surface area contributed by atoms with Gasteiger partial charge in [0.05, 0.1) is 11.1 Å². The Hall–Kier alpha value is -3.75. The van der Waals surface area contributed by atoms with E-state index in [-0.39, 0.29) is 17.0 Å². The van der Waals surface area contributed by atoms with Gasteiger partial charge in [-0.25, -0.2) is 5.43 Å². The largest absolute Gasteiger partial charge is 0.507 e. The maximum atomic E-state index is 11.9. The van der Waals surface area contributed by atoms with Crippen molar-refractivity contribution in [3.8, 4) is 5.75 Å². The molecule has 0 saturated carbocycles. The number of anilines is 1. The molecule has 0 spiro atoms. The molecule has 0 heterocycles. The predicted molar refractivity (Wildman–Crippen MR) is 95.0 cm³/mol. The van der Waals surface area contributed by atoms with E-state index < -0.39 is 16.7 Å². The highest BCUT2D eigenvalue weighted by atomic mass is 16.6. The molecule has 0 unspecified atom stereocenters. The molecular weight excluding hydrogens is 340 g/mol. The zero-order valence-corrected chi connectivity index (χ0v) is 14.0. The Bertz CT molecular complexity index is 908. The number of nitro benzene ring substituents is 1. The van der Waals surface area contributed by atoms with Crippen molar-refractivity contribution in [1.29, 1.82) is 0 Å². The summed E-state index contributed by atoms with van der Waals surface area (Å²) in [6, 6.07) is 8.68. The smallest absolute Gasteiger partial charge is 0.329 e. The summed E-state index contributed by atoms with van der Waals surface area (Å²) in [5.41, 5.74) is 4.09. The van der Waals surface area contributed by atoms with Crippen LogP contribution in [-0.4, -0.2) is 28.1 Å². The molecule has 9 nitrogen and oxygen atoms in total. The number of hydrogen-bond donors (Lipinski definition) is 3. The van der Waals surface area contributed by atoms with E-state index in [4.69, 9.17) is 0 Å². The molecule has 2 amide bonds. The fourth-order valence-electron chi connectivity index (χ4n) is 2.10. The van der Waals surface area contributed by atoms with Crippen LogP contribution in [0.2, 0.25) is 0 Å². The quantitative estimate of drug-likeness (QED) is 0.333. The van der Waals surface area contributed by atoms with Crippen LogP contribution in [0.4, 0.5) is 11.4 Å². The lowest BCUT2D eigenvalue weighted by atomic mass is 10.1. The van der Waals surface area contributed by atoms with Crippen LogP contribution in [0.1, 0.15) is 16.7 Å². The van der Waals surface area contributed by atoms with Gasteiger partial charge >= 0.3 is 11.8 Å². The van der Waals surface area contributed by atoms with Gasteiger partial charge in [0, 0.05) is 23.4 Å². The second-order valence-electron chi connectivity index (χ2n) is 5.47. The lowest BCUT2D eigenvalue weighted by Crippen LogP contribution is -2.32. The van der Waals surface area contributed by atoms with Crippen molar-refractivity contribution >= 4 is 29.4 Å². The third-order valence-electron chi connectivity index (χ3n) is 3.43. The van der Waals surface area contributed by atoms with Gasteiger partial charge in [-0.1, -0.05) is 17.7 Å². The average molecular weight is 356 g/mol. The Labute approximate surface area is 148 Å². The van der Waals surface area contributed by atoms with E-state index in [1.54, 1.807) is 19.1 Å². The van der Waals surface area contributed by atoms with Crippen molar-refractivity contribution < 1.29 is 19.6 Å². The molecular formula is C17H16N4O5. The summed E-state index contributed by atoms with van der Waals surface area (Å²) in [6.45, 7) is 3.70. The topological polar surface area (TPSA) is 134 Å². The van der Waals surface area contributed by atoms with Gasteiger partial charge in [-0.05, 0) is 31.5 Å². The number of nitrogens with one attached hydrogen (secondary N) is 2. The van der Waals surface area contributed by atoms with Crippen LogP contribution in [-0.2, 0) is 9.59 Å². The van der Waals surface area contributed by atoms with Crippen molar-refractivity contribution in [1.82, 2.24) is 5.43 Å². The third-order valence-corrected chi connectivity index (χ3v) is 3.43. The second-order valence-corrected chi connectivity index (χ2v) is 5.47. The van der Waals surface area contributed by atoms with Crippen molar-refractivity contribution in [2.45, 2.75) is 13.8 Å². The van der Waals surface area contributed by atoms with Gasteiger partial charge in [0.25, 0.3) is 5.69 Å². The zero-order valence-electron chi connectivity index (χ0n) is 14.0. The molecule has 0 atom stereocenters. The monoisotopic (exact) mass is 356 g/mol. The molecule has 2 rings (SSSR count). The predicted octanol–water partition coefficient (Wildman–Crippen LogP) is 2.01. The Morgan fingerprint density at radius 3 is 2.54 bits per heavy atom. The van der Waals surface area contributed by atoms with Crippen LogP contribution in [0.15, 0.2) is 41.5 Å². The Balaban J connectivity index is 2.01. The number of hydrogen-bond acceptors (Lipinski definition) is 6. The number of nitrogens with zero attached hydrogens (tertiary/aromatic N) is 2. The molecule has 0 saturated heterocycles. The Morgan fingerprint density at radius 2 is 1.88 bits per heavy atom. The molecule has 3 N–H and O–H groups in total. The summed E-state index contributed by atoms with van der Waals surface area (Å²) in [6.07, 6.45) is 1.00. The Kier molecular flexibility index (Phi) is 5.63. The van der Waals surface area contributed by atoms with E-state index in [0.717, 1.165) is 35.5 Å². The number of aromatic hydroxyl groups is 1. The SMILES string of the molecule is Cc1ccc(NC(=O)C(=O)N/N=C\c2cc([N+](=O)[O-])ccc2O)c(C)c1. The number of nitro groups is 1. The molecule has 0 aliphatic heterocycles. The minimum absolute atomic E-state index is 0.0225. The van der Waals surface area contributed by atoms with E-state index in [1.807, 2.05) is 18.4 Å². The molecule has 0 fully saturated rings. The second kappa shape index (κ2) is 7.88. The summed E-state index contributed by atoms with van der Waals surface area (Å²) in [7, 11) is 0. The lowest BCUT2D eigenvalue weighted by Gasteiger charge is -2.08. The van der Waals surface area contributed by atoms with Crippen LogP contribution in [0.3, 0.4) is 0 Å². The number of hydrazone groups is 1. The first kappa shape index (κ1) is 18.6. The molecule has 0 aliphatic rings. The van der Waals surface area contributed by atoms with Crippen molar-refractivity contribution in [3.63, 3.8) is 0 Å². The zero-order chi connectivity index (χ0) is 19.3. The van der Waals surface area contributed by atoms with Gasteiger partial charge in [0.15, 0.2) is 0 Å². The third kappa shape index (κ3) is 4.63. The van der Waals surface area contributed by atoms with Crippen LogP contribution in [0.25, 0.3) is 0 Å². The van der Waals surface area contributed by atoms with Gasteiger partial charge in [-0.3, -0.25) is 19.7 Å². The minimum Gasteiger partial charge on any atom is -0.507 e. The van der Waals surface area contributed by atoms with Gasteiger partial charge in [0.1, 0.15) is 5.75 Å². The molecule has 9 heteroatoms. The first-order valence-corrected chi connectivity index (χ1v) is 7.47. The fraction of sp³-hybridized carbons (Fsp3) is 0.118. The maximum Gasteiger partial charge on any atom is 0.329 e. The normalized spacial score (nSPS) is 10.5. The van der Waals surface area contributed by atoms with Gasteiger partial charge in [0.2, 0.25) is 0 Å².